The first-order chi connectivity index (χ1) is 7.30. The molecule has 0 radical (unpaired) electrons. The third-order valence-electron chi connectivity index (χ3n) is 2.08. The Hall–Kier alpha value is -1.10. The minimum atomic E-state index is 0.500. The topological polar surface area (TPSA) is 53.7 Å². The summed E-state index contributed by atoms with van der Waals surface area (Å²) in [6, 6.07) is 5.99. The fourth-order valence-corrected chi connectivity index (χ4v) is 1.42. The van der Waals surface area contributed by atoms with E-state index >= 15 is 0 Å². The van der Waals surface area contributed by atoms with Gasteiger partial charge in [0.15, 0.2) is 0 Å². The number of hydrogen-bond donors (Lipinski definition) is 1. The van der Waals surface area contributed by atoms with Gasteiger partial charge in [0, 0.05) is 7.11 Å². The second-order valence-corrected chi connectivity index (χ2v) is 3.24. The summed E-state index contributed by atoms with van der Waals surface area (Å²) in [7, 11) is 3.32. The molecule has 4 nitrogen and oxygen atoms in total. The lowest BCUT2D eigenvalue weighted by atomic mass is 10.1. The van der Waals surface area contributed by atoms with Crippen LogP contribution in [-0.2, 0) is 22.6 Å². The van der Waals surface area contributed by atoms with Crippen molar-refractivity contribution in [3.8, 4) is 5.75 Å². The summed E-state index contributed by atoms with van der Waals surface area (Å²) in [5.41, 5.74) is 2.22. The van der Waals surface area contributed by atoms with Gasteiger partial charge in [-0.05, 0) is 29.7 Å². The largest absolute Gasteiger partial charge is 0.497 e. The molecule has 1 rings (SSSR count). The monoisotopic (exact) mass is 211 g/mol. The van der Waals surface area contributed by atoms with Crippen molar-refractivity contribution in [2.24, 2.45) is 5.90 Å². The zero-order valence-corrected chi connectivity index (χ0v) is 9.16. The van der Waals surface area contributed by atoms with Gasteiger partial charge in [0.2, 0.25) is 0 Å². The zero-order chi connectivity index (χ0) is 11.1. The third kappa shape index (κ3) is 3.87. The summed E-state index contributed by atoms with van der Waals surface area (Å²) in [6.45, 7) is 1.08. The molecule has 84 valence electrons. The molecule has 0 saturated carbocycles. The van der Waals surface area contributed by atoms with Crippen LogP contribution < -0.4 is 10.6 Å². The number of ether oxygens (including phenoxy) is 2. The molecule has 2 N–H and O–H groups in total. The van der Waals surface area contributed by atoms with Crippen LogP contribution in [0.15, 0.2) is 18.2 Å². The molecule has 0 aliphatic carbocycles. The molecule has 0 aromatic heterocycles. The Balaban J connectivity index is 2.79. The lowest BCUT2D eigenvalue weighted by Crippen LogP contribution is -2.04. The number of benzene rings is 1. The minimum absolute atomic E-state index is 0.500. The highest BCUT2D eigenvalue weighted by Crippen LogP contribution is 2.18. The first-order valence-electron chi connectivity index (χ1n) is 4.77. The van der Waals surface area contributed by atoms with Crippen LogP contribution in [-0.4, -0.2) is 20.8 Å². The van der Waals surface area contributed by atoms with Gasteiger partial charge in [-0.3, -0.25) is 0 Å². The van der Waals surface area contributed by atoms with E-state index in [9.17, 15) is 0 Å². The lowest BCUT2D eigenvalue weighted by molar-refractivity contribution is 0.141. The molecule has 1 aromatic carbocycles. The molecule has 0 aliphatic rings. The Morgan fingerprint density at radius 2 is 1.87 bits per heavy atom. The summed E-state index contributed by atoms with van der Waals surface area (Å²) in [5.74, 6) is 5.82. The molecular formula is C11H17NO3. The van der Waals surface area contributed by atoms with Crippen molar-refractivity contribution in [1.82, 2.24) is 0 Å². The van der Waals surface area contributed by atoms with Crippen molar-refractivity contribution >= 4 is 0 Å². The standard InChI is InChI=1S/C11H17NO3/c1-13-8-10-5-9(3-4-15-12)6-11(7-10)14-2/h5-7H,3-4,8,12H2,1-2H3. The maximum Gasteiger partial charge on any atom is 0.119 e. The van der Waals surface area contributed by atoms with Gasteiger partial charge in [-0.2, -0.15) is 0 Å². The maximum absolute atomic E-state index is 5.19. The molecule has 15 heavy (non-hydrogen) atoms. The predicted molar refractivity (Wildman–Crippen MR) is 57.6 cm³/mol. The third-order valence-corrected chi connectivity index (χ3v) is 2.08. The normalized spacial score (nSPS) is 10.3. The van der Waals surface area contributed by atoms with Crippen LogP contribution in [0.5, 0.6) is 5.75 Å². The zero-order valence-electron chi connectivity index (χ0n) is 9.16. The summed E-state index contributed by atoms with van der Waals surface area (Å²) in [4.78, 5) is 4.55. The quantitative estimate of drug-likeness (QED) is 0.720. The second kappa shape index (κ2) is 6.40. The molecule has 0 bridgehead atoms. The van der Waals surface area contributed by atoms with Gasteiger partial charge in [-0.1, -0.05) is 6.07 Å². The molecule has 0 unspecified atom stereocenters. The van der Waals surface area contributed by atoms with Crippen LogP contribution in [0.1, 0.15) is 11.1 Å². The molecule has 4 heteroatoms. The molecule has 0 amide bonds. The molecule has 0 atom stereocenters. The highest BCUT2D eigenvalue weighted by Gasteiger charge is 2.01. The molecule has 0 aliphatic heterocycles. The van der Waals surface area contributed by atoms with Crippen LogP contribution in [0.2, 0.25) is 0 Å². The fourth-order valence-electron chi connectivity index (χ4n) is 1.42. The van der Waals surface area contributed by atoms with E-state index in [4.69, 9.17) is 15.4 Å². The molecule has 0 saturated heterocycles. The Morgan fingerprint density at radius 3 is 2.47 bits per heavy atom. The number of methoxy groups -OCH3 is 2. The average Bonchev–Trinajstić information content (AvgIpc) is 2.26. The van der Waals surface area contributed by atoms with E-state index in [1.54, 1.807) is 14.2 Å². The van der Waals surface area contributed by atoms with E-state index in [0.29, 0.717) is 13.2 Å². The van der Waals surface area contributed by atoms with E-state index < -0.39 is 0 Å². The van der Waals surface area contributed by atoms with Crippen LogP contribution >= 0.6 is 0 Å². The summed E-state index contributed by atoms with van der Waals surface area (Å²) in [5, 5.41) is 0. The van der Waals surface area contributed by atoms with Gasteiger partial charge in [0.1, 0.15) is 5.75 Å². The van der Waals surface area contributed by atoms with Gasteiger partial charge < -0.3 is 14.3 Å². The highest BCUT2D eigenvalue weighted by atomic mass is 16.6. The van der Waals surface area contributed by atoms with Crippen molar-refractivity contribution in [3.63, 3.8) is 0 Å². The van der Waals surface area contributed by atoms with Crippen LogP contribution in [0.25, 0.3) is 0 Å². The van der Waals surface area contributed by atoms with E-state index in [1.807, 2.05) is 12.1 Å². The Bertz CT molecular complexity index is 302. The maximum atomic E-state index is 5.19. The van der Waals surface area contributed by atoms with Crippen molar-refractivity contribution < 1.29 is 14.3 Å². The molecule has 0 spiro atoms. The van der Waals surface area contributed by atoms with E-state index in [1.165, 1.54) is 0 Å². The molecule has 1 aromatic rings. The fraction of sp³-hybridized carbons (Fsp3) is 0.455. The van der Waals surface area contributed by atoms with Gasteiger partial charge in [0.05, 0.1) is 20.3 Å². The predicted octanol–water partition coefficient (Wildman–Crippen LogP) is 1.27. The number of rotatable bonds is 6. The van der Waals surface area contributed by atoms with E-state index in [0.717, 1.165) is 23.3 Å². The van der Waals surface area contributed by atoms with Crippen LogP contribution in [0.4, 0.5) is 0 Å². The average molecular weight is 211 g/mol. The molecule has 0 heterocycles. The molecule has 0 fully saturated rings. The summed E-state index contributed by atoms with van der Waals surface area (Å²) in [6.07, 6.45) is 0.768. The van der Waals surface area contributed by atoms with Crippen LogP contribution in [0, 0.1) is 0 Å². The molecular weight excluding hydrogens is 194 g/mol. The minimum Gasteiger partial charge on any atom is -0.497 e. The Kier molecular flexibility index (Phi) is 5.10. The smallest absolute Gasteiger partial charge is 0.119 e. The van der Waals surface area contributed by atoms with Crippen molar-refractivity contribution in [2.45, 2.75) is 13.0 Å². The van der Waals surface area contributed by atoms with Crippen molar-refractivity contribution in [3.05, 3.63) is 29.3 Å². The first-order valence-corrected chi connectivity index (χ1v) is 4.77. The van der Waals surface area contributed by atoms with E-state index in [2.05, 4.69) is 10.9 Å². The summed E-state index contributed by atoms with van der Waals surface area (Å²) >= 11 is 0. The Labute approximate surface area is 89.9 Å². The number of nitrogens with two attached hydrogens (primary N) is 1. The highest BCUT2D eigenvalue weighted by molar-refractivity contribution is 5.34. The van der Waals surface area contributed by atoms with Crippen LogP contribution in [0.3, 0.4) is 0 Å². The first kappa shape index (κ1) is 12.0. The second-order valence-electron chi connectivity index (χ2n) is 3.24. The van der Waals surface area contributed by atoms with E-state index in [-0.39, 0.29) is 0 Å². The van der Waals surface area contributed by atoms with Gasteiger partial charge in [-0.15, -0.1) is 0 Å². The van der Waals surface area contributed by atoms with Gasteiger partial charge >= 0.3 is 0 Å². The Morgan fingerprint density at radius 1 is 1.13 bits per heavy atom. The van der Waals surface area contributed by atoms with Gasteiger partial charge in [0.25, 0.3) is 0 Å². The number of hydrogen-bond acceptors (Lipinski definition) is 4. The van der Waals surface area contributed by atoms with Crippen molar-refractivity contribution in [2.75, 3.05) is 20.8 Å². The van der Waals surface area contributed by atoms with Gasteiger partial charge in [-0.25, -0.2) is 5.90 Å². The van der Waals surface area contributed by atoms with Crippen molar-refractivity contribution in [1.29, 1.82) is 0 Å². The summed E-state index contributed by atoms with van der Waals surface area (Å²) < 4.78 is 10.3. The lowest BCUT2D eigenvalue weighted by Gasteiger charge is -2.08. The SMILES string of the molecule is COCc1cc(CCON)cc(OC)c1.